The van der Waals surface area contributed by atoms with Crippen LogP contribution in [0.5, 0.6) is 5.75 Å². The van der Waals surface area contributed by atoms with Gasteiger partial charge in [-0.25, -0.2) is 4.79 Å². The van der Waals surface area contributed by atoms with Crippen molar-refractivity contribution in [2.75, 3.05) is 30.0 Å². The Morgan fingerprint density at radius 2 is 1.47 bits per heavy atom. The number of hydrogen-bond acceptors (Lipinski definition) is 4. The van der Waals surface area contributed by atoms with E-state index in [-0.39, 0.29) is 11.9 Å². The normalized spacial score (nSPS) is 10.6. The topological polar surface area (TPSA) is 79.5 Å². The lowest BCUT2D eigenvalue weighted by Crippen LogP contribution is -2.25. The van der Waals surface area contributed by atoms with E-state index < -0.39 is 0 Å². The number of hydrogen-bond donors (Lipinski definition) is 3. The van der Waals surface area contributed by atoms with Gasteiger partial charge in [0.2, 0.25) is 0 Å². The first kappa shape index (κ1) is 29.6. The molecule has 7 heteroatoms. The summed E-state index contributed by atoms with van der Waals surface area (Å²) in [6, 6.07) is 12.4. The van der Waals surface area contributed by atoms with Crippen LogP contribution in [-0.2, 0) is 0 Å². The molecule has 0 spiro atoms. The third-order valence-electron chi connectivity index (χ3n) is 5.90. The van der Waals surface area contributed by atoms with Crippen molar-refractivity contribution >= 4 is 35.1 Å². The van der Waals surface area contributed by atoms with Crippen molar-refractivity contribution in [2.45, 2.75) is 83.0 Å². The number of rotatable bonds is 17. The van der Waals surface area contributed by atoms with Gasteiger partial charge in [0.25, 0.3) is 5.91 Å². The molecule has 36 heavy (non-hydrogen) atoms. The highest BCUT2D eigenvalue weighted by Crippen LogP contribution is 2.27. The Kier molecular flexibility index (Phi) is 14.5. The van der Waals surface area contributed by atoms with Gasteiger partial charge < -0.3 is 20.7 Å². The molecule has 0 bridgehead atoms. The van der Waals surface area contributed by atoms with Gasteiger partial charge in [-0.3, -0.25) is 4.79 Å². The van der Waals surface area contributed by atoms with Gasteiger partial charge in [-0.1, -0.05) is 65.2 Å². The molecule has 0 saturated carbocycles. The molecule has 0 aromatic heterocycles. The number of nitrogens with one attached hydrogen (secondary N) is 3. The molecule has 3 amide bonds. The Balaban J connectivity index is 1.78. The predicted molar refractivity (Wildman–Crippen MR) is 153 cm³/mol. The molecule has 0 fully saturated rings. The summed E-state index contributed by atoms with van der Waals surface area (Å²) in [7, 11) is 0. The van der Waals surface area contributed by atoms with Crippen molar-refractivity contribution in [2.24, 2.45) is 0 Å². The molecule has 0 aliphatic rings. The zero-order valence-corrected chi connectivity index (χ0v) is 23.0. The van der Waals surface area contributed by atoms with Crippen LogP contribution in [0.2, 0.25) is 0 Å². The lowest BCUT2D eigenvalue weighted by Gasteiger charge is -2.13. The van der Waals surface area contributed by atoms with Crippen LogP contribution in [0.15, 0.2) is 47.4 Å². The fourth-order valence-electron chi connectivity index (χ4n) is 3.77. The van der Waals surface area contributed by atoms with Gasteiger partial charge in [0.05, 0.1) is 12.3 Å². The SMILES string of the molecule is CCCCCCCCCCOc1ccc(NC(=O)Nc2cc(C(=O)NCCCC)ccc2SC)cc1. The second kappa shape index (κ2) is 17.7. The van der Waals surface area contributed by atoms with Crippen molar-refractivity contribution in [1.29, 1.82) is 0 Å². The first-order valence-electron chi connectivity index (χ1n) is 13.3. The van der Waals surface area contributed by atoms with Gasteiger partial charge in [0, 0.05) is 22.7 Å². The van der Waals surface area contributed by atoms with Gasteiger partial charge in [0.1, 0.15) is 5.75 Å². The number of ether oxygens (including phenoxy) is 1. The highest BCUT2D eigenvalue weighted by Gasteiger charge is 2.12. The maximum absolute atomic E-state index is 12.6. The number of unbranched alkanes of at least 4 members (excludes halogenated alkanes) is 8. The summed E-state index contributed by atoms with van der Waals surface area (Å²) in [5, 5.41) is 8.63. The van der Waals surface area contributed by atoms with Crippen molar-refractivity contribution in [3.63, 3.8) is 0 Å². The van der Waals surface area contributed by atoms with E-state index in [1.165, 1.54) is 56.7 Å². The molecule has 0 heterocycles. The summed E-state index contributed by atoms with van der Waals surface area (Å²) in [6.45, 7) is 5.68. The minimum atomic E-state index is -0.360. The average molecular weight is 514 g/mol. The molecule has 0 aliphatic carbocycles. The van der Waals surface area contributed by atoms with Gasteiger partial charge in [-0.15, -0.1) is 11.8 Å². The van der Waals surface area contributed by atoms with Crippen LogP contribution in [0.25, 0.3) is 0 Å². The Hall–Kier alpha value is -2.67. The Morgan fingerprint density at radius 3 is 2.14 bits per heavy atom. The van der Waals surface area contributed by atoms with E-state index in [2.05, 4.69) is 29.8 Å². The van der Waals surface area contributed by atoms with E-state index in [1.54, 1.807) is 12.1 Å². The maximum atomic E-state index is 12.6. The lowest BCUT2D eigenvalue weighted by molar-refractivity contribution is 0.0953. The minimum absolute atomic E-state index is 0.137. The first-order chi connectivity index (χ1) is 17.6. The predicted octanol–water partition coefficient (Wildman–Crippen LogP) is 8.10. The number of urea groups is 1. The summed E-state index contributed by atoms with van der Waals surface area (Å²) in [6.07, 6.45) is 14.1. The highest BCUT2D eigenvalue weighted by molar-refractivity contribution is 7.98. The van der Waals surface area contributed by atoms with Crippen LogP contribution in [0.1, 0.15) is 88.4 Å². The quantitative estimate of drug-likeness (QED) is 0.147. The fraction of sp³-hybridized carbons (Fsp3) is 0.517. The highest BCUT2D eigenvalue weighted by atomic mass is 32.2. The smallest absolute Gasteiger partial charge is 0.323 e. The number of anilines is 2. The lowest BCUT2D eigenvalue weighted by atomic mass is 10.1. The van der Waals surface area contributed by atoms with Gasteiger partial charge in [-0.05, 0) is 61.6 Å². The molecule has 2 aromatic carbocycles. The second-order valence-electron chi connectivity index (χ2n) is 8.95. The molecule has 0 saturated heterocycles. The monoisotopic (exact) mass is 513 g/mol. The standard InChI is InChI=1S/C29H43N3O3S/c1-4-6-8-9-10-11-12-13-21-35-25-17-15-24(16-18-25)31-29(34)32-26-22-23(14-19-27(26)36-3)28(33)30-20-7-5-2/h14-19,22H,4-13,20-21H2,1-3H3,(H,30,33)(H2,31,32,34). The zero-order chi connectivity index (χ0) is 26.0. The molecule has 2 rings (SSSR count). The minimum Gasteiger partial charge on any atom is -0.494 e. The Bertz CT molecular complexity index is 918. The Morgan fingerprint density at radius 1 is 0.806 bits per heavy atom. The van der Waals surface area contributed by atoms with E-state index >= 15 is 0 Å². The molecule has 2 aromatic rings. The molecule has 3 N–H and O–H groups in total. The molecule has 0 atom stereocenters. The summed E-state index contributed by atoms with van der Waals surface area (Å²) in [5.41, 5.74) is 1.80. The average Bonchev–Trinajstić information content (AvgIpc) is 2.88. The largest absolute Gasteiger partial charge is 0.494 e. The van der Waals surface area contributed by atoms with E-state index in [0.29, 0.717) is 30.1 Å². The third-order valence-corrected chi connectivity index (χ3v) is 6.70. The van der Waals surface area contributed by atoms with E-state index in [0.717, 1.165) is 29.9 Å². The fourth-order valence-corrected chi connectivity index (χ4v) is 4.31. The van der Waals surface area contributed by atoms with E-state index in [4.69, 9.17) is 4.74 Å². The van der Waals surface area contributed by atoms with Crippen LogP contribution in [-0.4, -0.2) is 31.3 Å². The van der Waals surface area contributed by atoms with Crippen molar-refractivity contribution in [3.05, 3.63) is 48.0 Å². The van der Waals surface area contributed by atoms with E-state index in [1.807, 2.05) is 36.6 Å². The summed E-state index contributed by atoms with van der Waals surface area (Å²) < 4.78 is 5.84. The first-order valence-corrected chi connectivity index (χ1v) is 14.6. The summed E-state index contributed by atoms with van der Waals surface area (Å²) in [5.74, 6) is 0.664. The van der Waals surface area contributed by atoms with Crippen molar-refractivity contribution in [1.82, 2.24) is 5.32 Å². The summed E-state index contributed by atoms with van der Waals surface area (Å²) >= 11 is 1.51. The van der Waals surface area contributed by atoms with Crippen LogP contribution < -0.4 is 20.7 Å². The van der Waals surface area contributed by atoms with Crippen LogP contribution >= 0.6 is 11.8 Å². The number of carbonyl (C=O) groups is 2. The van der Waals surface area contributed by atoms with Gasteiger partial charge in [0.15, 0.2) is 0 Å². The van der Waals surface area contributed by atoms with E-state index in [9.17, 15) is 9.59 Å². The number of carbonyl (C=O) groups excluding carboxylic acids is 2. The number of thioether (sulfide) groups is 1. The molecular weight excluding hydrogens is 470 g/mol. The van der Waals surface area contributed by atoms with Gasteiger partial charge >= 0.3 is 6.03 Å². The second-order valence-corrected chi connectivity index (χ2v) is 9.80. The summed E-state index contributed by atoms with van der Waals surface area (Å²) in [4.78, 5) is 25.9. The van der Waals surface area contributed by atoms with Crippen LogP contribution in [0.3, 0.4) is 0 Å². The molecule has 198 valence electrons. The number of benzene rings is 2. The third kappa shape index (κ3) is 11.4. The zero-order valence-electron chi connectivity index (χ0n) is 22.2. The van der Waals surface area contributed by atoms with Gasteiger partial charge in [-0.2, -0.15) is 0 Å². The molecule has 6 nitrogen and oxygen atoms in total. The molecular formula is C29H43N3O3S. The van der Waals surface area contributed by atoms with Crippen LogP contribution in [0.4, 0.5) is 16.2 Å². The maximum Gasteiger partial charge on any atom is 0.323 e. The van der Waals surface area contributed by atoms with Crippen LogP contribution in [0, 0.1) is 0 Å². The molecule has 0 aliphatic heterocycles. The Labute approximate surface area is 221 Å². The molecule has 0 unspecified atom stereocenters. The molecule has 0 radical (unpaired) electrons. The number of amides is 3. The van der Waals surface area contributed by atoms with Crippen molar-refractivity contribution < 1.29 is 14.3 Å². The van der Waals surface area contributed by atoms with Crippen molar-refractivity contribution in [3.8, 4) is 5.75 Å².